The van der Waals surface area contributed by atoms with Crippen LogP contribution >= 0.6 is 0 Å². The monoisotopic (exact) mass is 342 g/mol. The fraction of sp³-hybridized carbons (Fsp3) is 0.882. The van der Waals surface area contributed by atoms with Crippen molar-refractivity contribution in [3.8, 4) is 0 Å². The van der Waals surface area contributed by atoms with Crippen molar-refractivity contribution in [1.29, 1.82) is 5.41 Å². The second-order valence-corrected chi connectivity index (χ2v) is 7.36. The minimum absolute atomic E-state index is 0.260. The van der Waals surface area contributed by atoms with Crippen LogP contribution in [-0.4, -0.2) is 78.9 Å². The van der Waals surface area contributed by atoms with E-state index in [9.17, 15) is 0 Å². The Hall–Kier alpha value is -1.02. The Balaban J connectivity index is 4.39. The lowest BCUT2D eigenvalue weighted by molar-refractivity contribution is 0.260. The predicted octanol–water partition coefficient (Wildman–Crippen LogP) is 1.13. The van der Waals surface area contributed by atoms with Gasteiger partial charge in [-0.25, -0.2) is 0 Å². The van der Waals surface area contributed by atoms with Gasteiger partial charge in [-0.3, -0.25) is 4.90 Å². The summed E-state index contributed by atoms with van der Waals surface area (Å²) in [5.41, 5.74) is 0.741. The molecule has 0 aliphatic heterocycles. The highest BCUT2D eigenvalue weighted by molar-refractivity contribution is 5.90. The molecule has 0 aliphatic carbocycles. The van der Waals surface area contributed by atoms with E-state index in [4.69, 9.17) is 10.6 Å². The van der Waals surface area contributed by atoms with E-state index in [1.54, 1.807) is 0 Å². The van der Waals surface area contributed by atoms with Crippen molar-refractivity contribution in [2.75, 3.05) is 46.3 Å². The lowest BCUT2D eigenvalue weighted by Gasteiger charge is -2.30. The second-order valence-electron chi connectivity index (χ2n) is 7.36. The van der Waals surface area contributed by atoms with Gasteiger partial charge in [-0.05, 0) is 48.6 Å². The Labute approximate surface area is 147 Å². The molecule has 0 saturated heterocycles. The van der Waals surface area contributed by atoms with Crippen molar-refractivity contribution in [3.63, 3.8) is 0 Å². The zero-order chi connectivity index (χ0) is 18.8. The van der Waals surface area contributed by atoms with Gasteiger partial charge in [-0.2, -0.15) is 0 Å². The van der Waals surface area contributed by atoms with Gasteiger partial charge in [0, 0.05) is 45.0 Å². The van der Waals surface area contributed by atoms with Crippen LogP contribution in [-0.2, 0) is 0 Å². The average molecular weight is 343 g/mol. The van der Waals surface area contributed by atoms with Crippen LogP contribution in [0.2, 0.25) is 0 Å². The summed E-state index contributed by atoms with van der Waals surface area (Å²) in [5, 5.41) is 30.1. The smallest absolute Gasteiger partial charge is 0.0734 e. The normalized spacial score (nSPS) is 13.6. The van der Waals surface area contributed by atoms with Gasteiger partial charge in [0.15, 0.2) is 0 Å². The van der Waals surface area contributed by atoms with Crippen LogP contribution in [0.25, 0.3) is 0 Å². The van der Waals surface area contributed by atoms with Crippen molar-refractivity contribution in [2.45, 2.75) is 52.6 Å². The highest BCUT2D eigenvalue weighted by Gasteiger charge is 2.22. The molecule has 0 rings (SSSR count). The summed E-state index contributed by atoms with van der Waals surface area (Å²) < 4.78 is 0. The fourth-order valence-corrected chi connectivity index (χ4v) is 2.04. The summed E-state index contributed by atoms with van der Waals surface area (Å²) in [4.78, 5) is 2.38. The maximum atomic E-state index is 8.94. The first-order chi connectivity index (χ1) is 11.1. The topological polar surface area (TPSA) is 95.8 Å². The van der Waals surface area contributed by atoms with Crippen LogP contribution < -0.4 is 16.0 Å². The number of hydrogen-bond acceptors (Lipinski definition) is 7. The molecule has 0 heterocycles. The molecule has 0 amide bonds. The molecule has 0 saturated carbocycles. The Bertz CT molecular complexity index is 406. The summed E-state index contributed by atoms with van der Waals surface area (Å²) in [6, 6.07) is 0. The molecule has 0 radical (unpaired) electrons. The van der Waals surface area contributed by atoms with E-state index in [1.165, 1.54) is 0 Å². The molecule has 0 unspecified atom stereocenters. The first kappa shape index (κ1) is 23.0. The first-order valence-electron chi connectivity index (χ1n) is 8.68. The molecule has 142 valence electrons. The van der Waals surface area contributed by atoms with E-state index in [-0.39, 0.29) is 11.1 Å². The lowest BCUT2D eigenvalue weighted by atomic mass is 10.00. The number of nitrogens with zero attached hydrogens (tertiary/aromatic N) is 2. The maximum Gasteiger partial charge on any atom is 0.0734 e. The molecule has 5 N–H and O–H groups in total. The molecule has 0 aromatic heterocycles. The Morgan fingerprint density at radius 3 is 1.83 bits per heavy atom. The Morgan fingerprint density at radius 1 is 0.958 bits per heavy atom. The Morgan fingerprint density at radius 2 is 1.42 bits per heavy atom. The van der Waals surface area contributed by atoms with E-state index in [0.717, 1.165) is 39.3 Å². The van der Waals surface area contributed by atoms with Crippen LogP contribution in [0.4, 0.5) is 0 Å². The standard InChI is InChI=1S/C17H38N6O/c1-14(18)16(3,4)20-9-12-23(11-8-19-7)13-10-21-17(5,6)15(2)22-24/h18-21,24H,8-13H2,1-7H3/b18-14?,22-15-. The summed E-state index contributed by atoms with van der Waals surface area (Å²) in [6.07, 6.45) is 0. The van der Waals surface area contributed by atoms with Gasteiger partial charge in [0.1, 0.15) is 0 Å². The fourth-order valence-electron chi connectivity index (χ4n) is 2.04. The van der Waals surface area contributed by atoms with Crippen molar-refractivity contribution >= 4 is 11.4 Å². The van der Waals surface area contributed by atoms with E-state index in [2.05, 4.69) is 26.0 Å². The largest absolute Gasteiger partial charge is 0.411 e. The van der Waals surface area contributed by atoms with E-state index in [0.29, 0.717) is 11.4 Å². The zero-order valence-corrected chi connectivity index (χ0v) is 16.6. The quantitative estimate of drug-likeness (QED) is 0.196. The third-order valence-electron chi connectivity index (χ3n) is 4.66. The summed E-state index contributed by atoms with van der Waals surface area (Å²) in [6.45, 7) is 17.1. The van der Waals surface area contributed by atoms with E-state index in [1.807, 2.05) is 48.6 Å². The summed E-state index contributed by atoms with van der Waals surface area (Å²) in [7, 11) is 1.96. The number of nitrogens with one attached hydrogen (secondary N) is 4. The summed E-state index contributed by atoms with van der Waals surface area (Å²) >= 11 is 0. The lowest BCUT2D eigenvalue weighted by Crippen LogP contribution is -2.51. The second kappa shape index (κ2) is 10.8. The molecule has 0 bridgehead atoms. The number of rotatable bonds is 13. The minimum Gasteiger partial charge on any atom is -0.411 e. The molecule has 7 heteroatoms. The molecular formula is C17H38N6O. The average Bonchev–Trinajstić information content (AvgIpc) is 2.50. The summed E-state index contributed by atoms with van der Waals surface area (Å²) in [5.74, 6) is 0. The van der Waals surface area contributed by atoms with Crippen molar-refractivity contribution in [1.82, 2.24) is 20.9 Å². The third kappa shape index (κ3) is 8.73. The van der Waals surface area contributed by atoms with Crippen LogP contribution in [0.5, 0.6) is 0 Å². The van der Waals surface area contributed by atoms with E-state index >= 15 is 0 Å². The molecule has 7 nitrogen and oxygen atoms in total. The minimum atomic E-state index is -0.318. The zero-order valence-electron chi connectivity index (χ0n) is 16.6. The van der Waals surface area contributed by atoms with Gasteiger partial charge in [0.05, 0.1) is 16.8 Å². The van der Waals surface area contributed by atoms with Crippen molar-refractivity contribution in [3.05, 3.63) is 0 Å². The molecule has 0 aliphatic rings. The molecular weight excluding hydrogens is 304 g/mol. The van der Waals surface area contributed by atoms with Gasteiger partial charge >= 0.3 is 0 Å². The molecule has 0 atom stereocenters. The predicted molar refractivity (Wildman–Crippen MR) is 103 cm³/mol. The van der Waals surface area contributed by atoms with Gasteiger partial charge in [-0.1, -0.05) is 5.16 Å². The van der Waals surface area contributed by atoms with Crippen LogP contribution in [0.1, 0.15) is 41.5 Å². The van der Waals surface area contributed by atoms with Gasteiger partial charge in [0.25, 0.3) is 0 Å². The van der Waals surface area contributed by atoms with E-state index < -0.39 is 0 Å². The molecule has 0 aromatic carbocycles. The SMILES string of the molecule is CNCCN(CCNC(C)(C)C(C)=N)CCNC(C)(C)/C(C)=N\O. The Kier molecular flexibility index (Phi) is 10.3. The van der Waals surface area contributed by atoms with Gasteiger partial charge in [0.2, 0.25) is 0 Å². The first-order valence-corrected chi connectivity index (χ1v) is 8.68. The van der Waals surface area contributed by atoms with Crippen LogP contribution in [0, 0.1) is 5.41 Å². The van der Waals surface area contributed by atoms with Crippen molar-refractivity contribution < 1.29 is 5.21 Å². The molecule has 24 heavy (non-hydrogen) atoms. The highest BCUT2D eigenvalue weighted by atomic mass is 16.4. The number of oxime groups is 1. The van der Waals surface area contributed by atoms with Gasteiger partial charge in [-0.15, -0.1) is 0 Å². The molecule has 0 fully saturated rings. The number of hydrogen-bond donors (Lipinski definition) is 5. The highest BCUT2D eigenvalue weighted by Crippen LogP contribution is 2.05. The maximum absolute atomic E-state index is 8.94. The van der Waals surface area contributed by atoms with Crippen molar-refractivity contribution in [2.24, 2.45) is 5.16 Å². The third-order valence-corrected chi connectivity index (χ3v) is 4.66. The molecule has 0 spiro atoms. The number of likely N-dealkylation sites (N-methyl/N-ethyl adjacent to an activating group) is 1. The molecule has 0 aromatic rings. The van der Waals surface area contributed by atoms with Crippen LogP contribution in [0.15, 0.2) is 5.16 Å². The van der Waals surface area contributed by atoms with Gasteiger partial charge < -0.3 is 26.6 Å². The van der Waals surface area contributed by atoms with Crippen LogP contribution in [0.3, 0.4) is 0 Å².